The van der Waals surface area contributed by atoms with E-state index < -0.39 is 10.7 Å². The third kappa shape index (κ3) is 4.27. The minimum Gasteiger partial charge on any atom is -0.380 e. The predicted octanol–water partition coefficient (Wildman–Crippen LogP) is 4.17. The van der Waals surface area contributed by atoms with Crippen molar-refractivity contribution in [2.45, 2.75) is 25.8 Å². The Bertz CT molecular complexity index is 617. The van der Waals surface area contributed by atoms with E-state index in [1.165, 1.54) is 11.6 Å². The molecule has 1 unspecified atom stereocenters. The number of aryl methyl sites for hydroxylation is 1. The van der Waals surface area contributed by atoms with Gasteiger partial charge in [0.1, 0.15) is 5.82 Å². The first-order valence-corrected chi connectivity index (χ1v) is 6.80. The van der Waals surface area contributed by atoms with Gasteiger partial charge in [0.15, 0.2) is 0 Å². The van der Waals surface area contributed by atoms with Crippen molar-refractivity contribution in [3.05, 3.63) is 70.0 Å². The monoisotopic (exact) mass is 288 g/mol. The van der Waals surface area contributed by atoms with Crippen LogP contribution >= 0.6 is 0 Å². The molecule has 0 amide bonds. The third-order valence-corrected chi connectivity index (χ3v) is 3.27. The van der Waals surface area contributed by atoms with E-state index >= 15 is 0 Å². The molecule has 0 fully saturated rings. The number of nitro benzene ring substituents is 1. The van der Waals surface area contributed by atoms with E-state index in [0.29, 0.717) is 0 Å². The lowest BCUT2D eigenvalue weighted by Gasteiger charge is -2.15. The third-order valence-electron chi connectivity index (χ3n) is 3.27. The molecule has 0 bridgehead atoms. The number of non-ortho nitro benzene ring substituents is 1. The minimum atomic E-state index is -0.529. The van der Waals surface area contributed by atoms with Crippen molar-refractivity contribution in [1.82, 2.24) is 0 Å². The smallest absolute Gasteiger partial charge is 0.271 e. The summed E-state index contributed by atoms with van der Waals surface area (Å²) < 4.78 is 13.7. The lowest BCUT2D eigenvalue weighted by atomic mass is 10.1. The zero-order valence-electron chi connectivity index (χ0n) is 11.8. The zero-order valence-corrected chi connectivity index (χ0v) is 11.8. The normalized spacial score (nSPS) is 11.9. The summed E-state index contributed by atoms with van der Waals surface area (Å²) in [6, 6.07) is 13.5. The molecule has 110 valence electrons. The Kier molecular flexibility index (Phi) is 4.87. The van der Waals surface area contributed by atoms with E-state index in [1.807, 2.05) is 37.3 Å². The summed E-state index contributed by atoms with van der Waals surface area (Å²) in [4.78, 5) is 10.2. The fourth-order valence-electron chi connectivity index (χ4n) is 2.10. The molecule has 0 aliphatic rings. The summed E-state index contributed by atoms with van der Waals surface area (Å²) in [7, 11) is 0. The first kappa shape index (κ1) is 15.0. The Morgan fingerprint density at radius 1 is 1.24 bits per heavy atom. The fraction of sp³-hybridized carbons (Fsp3) is 0.250. The van der Waals surface area contributed by atoms with Crippen molar-refractivity contribution in [3.8, 4) is 0 Å². The lowest BCUT2D eigenvalue weighted by Crippen LogP contribution is -2.17. The summed E-state index contributed by atoms with van der Waals surface area (Å²) in [5, 5.41) is 13.7. The zero-order chi connectivity index (χ0) is 15.2. The number of halogens is 1. The summed E-state index contributed by atoms with van der Waals surface area (Å²) in [6.45, 7) is 1.93. The van der Waals surface area contributed by atoms with Crippen LogP contribution in [0.15, 0.2) is 48.5 Å². The molecule has 5 heteroatoms. The maximum absolute atomic E-state index is 13.7. The van der Waals surface area contributed by atoms with Crippen molar-refractivity contribution in [2.24, 2.45) is 0 Å². The number of nitrogens with one attached hydrogen (secondary N) is 1. The Balaban J connectivity index is 1.97. The highest BCUT2D eigenvalue weighted by Gasteiger charge is 2.12. The molecule has 0 saturated heterocycles. The Morgan fingerprint density at radius 2 is 1.95 bits per heavy atom. The van der Waals surface area contributed by atoms with Crippen LogP contribution in [0.3, 0.4) is 0 Å². The van der Waals surface area contributed by atoms with Gasteiger partial charge in [-0.05, 0) is 31.4 Å². The molecule has 0 aliphatic carbocycles. The molecule has 0 aliphatic heterocycles. The van der Waals surface area contributed by atoms with E-state index in [9.17, 15) is 14.5 Å². The molecule has 1 atom stereocenters. The SMILES string of the molecule is CC(CCc1ccccc1)Nc1cc([N+](=O)[O-])ccc1F. The van der Waals surface area contributed by atoms with E-state index in [1.54, 1.807) is 0 Å². The van der Waals surface area contributed by atoms with Gasteiger partial charge in [0.25, 0.3) is 5.69 Å². The molecular formula is C16H17FN2O2. The molecule has 2 aromatic rings. The Labute approximate surface area is 122 Å². The molecule has 0 heterocycles. The van der Waals surface area contributed by atoms with Crippen LogP contribution in [-0.2, 0) is 6.42 Å². The Hall–Kier alpha value is -2.43. The van der Waals surface area contributed by atoms with Gasteiger partial charge in [-0.25, -0.2) is 4.39 Å². The van der Waals surface area contributed by atoms with Gasteiger partial charge in [0.05, 0.1) is 10.6 Å². The molecule has 0 saturated carbocycles. The van der Waals surface area contributed by atoms with E-state index in [2.05, 4.69) is 5.32 Å². The second-order valence-corrected chi connectivity index (χ2v) is 4.99. The number of hydrogen-bond donors (Lipinski definition) is 1. The maximum atomic E-state index is 13.7. The summed E-state index contributed by atoms with van der Waals surface area (Å²) in [6.07, 6.45) is 1.68. The Morgan fingerprint density at radius 3 is 2.62 bits per heavy atom. The fourth-order valence-corrected chi connectivity index (χ4v) is 2.10. The molecule has 2 aromatic carbocycles. The van der Waals surface area contributed by atoms with Crippen molar-refractivity contribution >= 4 is 11.4 Å². The van der Waals surface area contributed by atoms with Crippen LogP contribution in [0, 0.1) is 15.9 Å². The number of nitro groups is 1. The molecule has 2 rings (SSSR count). The second kappa shape index (κ2) is 6.83. The van der Waals surface area contributed by atoms with Gasteiger partial charge in [-0.3, -0.25) is 10.1 Å². The number of anilines is 1. The number of hydrogen-bond acceptors (Lipinski definition) is 3. The average Bonchev–Trinajstić information content (AvgIpc) is 2.48. The molecular weight excluding hydrogens is 271 g/mol. The summed E-state index contributed by atoms with van der Waals surface area (Å²) >= 11 is 0. The molecule has 0 radical (unpaired) electrons. The average molecular weight is 288 g/mol. The second-order valence-electron chi connectivity index (χ2n) is 4.99. The molecule has 0 spiro atoms. The van der Waals surface area contributed by atoms with Gasteiger partial charge in [-0.15, -0.1) is 0 Å². The van der Waals surface area contributed by atoms with Crippen LogP contribution in [0.1, 0.15) is 18.9 Å². The van der Waals surface area contributed by atoms with Crippen molar-refractivity contribution in [3.63, 3.8) is 0 Å². The van der Waals surface area contributed by atoms with Gasteiger partial charge in [0.2, 0.25) is 0 Å². The molecule has 21 heavy (non-hydrogen) atoms. The highest BCUT2D eigenvalue weighted by molar-refractivity contribution is 5.52. The van der Waals surface area contributed by atoms with Crippen molar-refractivity contribution in [1.29, 1.82) is 0 Å². The van der Waals surface area contributed by atoms with Gasteiger partial charge >= 0.3 is 0 Å². The van der Waals surface area contributed by atoms with E-state index in [-0.39, 0.29) is 17.4 Å². The standard InChI is InChI=1S/C16H17FN2O2/c1-12(7-8-13-5-3-2-4-6-13)18-16-11-14(19(20)21)9-10-15(16)17/h2-6,9-12,18H,7-8H2,1H3. The largest absolute Gasteiger partial charge is 0.380 e. The molecule has 4 nitrogen and oxygen atoms in total. The molecule has 1 N–H and O–H groups in total. The highest BCUT2D eigenvalue weighted by atomic mass is 19.1. The van der Waals surface area contributed by atoms with Gasteiger partial charge in [-0.1, -0.05) is 30.3 Å². The van der Waals surface area contributed by atoms with Gasteiger partial charge in [0, 0.05) is 18.2 Å². The maximum Gasteiger partial charge on any atom is 0.271 e. The first-order valence-electron chi connectivity index (χ1n) is 6.80. The topological polar surface area (TPSA) is 55.2 Å². The first-order chi connectivity index (χ1) is 10.1. The van der Waals surface area contributed by atoms with Gasteiger partial charge < -0.3 is 5.32 Å². The van der Waals surface area contributed by atoms with Crippen LogP contribution in [-0.4, -0.2) is 11.0 Å². The quantitative estimate of drug-likeness (QED) is 0.641. The predicted molar refractivity (Wildman–Crippen MR) is 80.9 cm³/mol. The van der Waals surface area contributed by atoms with Crippen molar-refractivity contribution in [2.75, 3.05) is 5.32 Å². The van der Waals surface area contributed by atoms with Crippen LogP contribution in [0.5, 0.6) is 0 Å². The summed E-state index contributed by atoms with van der Waals surface area (Å²) in [5.74, 6) is -0.479. The number of nitrogens with zero attached hydrogens (tertiary/aromatic N) is 1. The molecule has 0 aromatic heterocycles. The highest BCUT2D eigenvalue weighted by Crippen LogP contribution is 2.22. The van der Waals surface area contributed by atoms with Crippen LogP contribution in [0.2, 0.25) is 0 Å². The van der Waals surface area contributed by atoms with E-state index in [0.717, 1.165) is 25.0 Å². The lowest BCUT2D eigenvalue weighted by molar-refractivity contribution is -0.384. The van der Waals surface area contributed by atoms with Crippen LogP contribution in [0.4, 0.5) is 15.8 Å². The van der Waals surface area contributed by atoms with E-state index in [4.69, 9.17) is 0 Å². The number of rotatable bonds is 6. The van der Waals surface area contributed by atoms with Crippen molar-refractivity contribution < 1.29 is 9.31 Å². The minimum absolute atomic E-state index is 0.0155. The number of benzene rings is 2. The van der Waals surface area contributed by atoms with Crippen LogP contribution < -0.4 is 5.32 Å². The van der Waals surface area contributed by atoms with Crippen LogP contribution in [0.25, 0.3) is 0 Å². The summed E-state index contributed by atoms with van der Waals surface area (Å²) in [5.41, 5.74) is 1.27. The van der Waals surface area contributed by atoms with Gasteiger partial charge in [-0.2, -0.15) is 0 Å².